The second-order valence-corrected chi connectivity index (χ2v) is 5.84. The summed E-state index contributed by atoms with van der Waals surface area (Å²) in [6.45, 7) is 0. The van der Waals surface area contributed by atoms with Gasteiger partial charge in [0.15, 0.2) is 5.41 Å². The van der Waals surface area contributed by atoms with Gasteiger partial charge in [0.05, 0.1) is 34.4 Å². The van der Waals surface area contributed by atoms with Gasteiger partial charge in [-0.05, 0) is 24.1 Å². The number of esters is 3. The third-order valence-corrected chi connectivity index (χ3v) is 4.75. The minimum atomic E-state index is -1.88. The standard InChI is InChI=1S/C19H22O7/c1-23-13-10-8-12(9-11-13)14-6-5-7-15(16(20)24-2)19(14,17(21)25-3)18(22)26-4/h5-6,8-11,14-15H,7H2,1-4H3. The van der Waals surface area contributed by atoms with Gasteiger partial charge in [0.2, 0.25) is 0 Å². The van der Waals surface area contributed by atoms with Crippen molar-refractivity contribution < 1.29 is 33.3 Å². The summed E-state index contributed by atoms with van der Waals surface area (Å²) >= 11 is 0. The monoisotopic (exact) mass is 362 g/mol. The lowest BCUT2D eigenvalue weighted by Crippen LogP contribution is -2.54. The van der Waals surface area contributed by atoms with E-state index in [4.69, 9.17) is 18.9 Å². The third-order valence-electron chi connectivity index (χ3n) is 4.75. The first kappa shape index (κ1) is 19.5. The molecule has 2 atom stereocenters. The van der Waals surface area contributed by atoms with Crippen LogP contribution in [-0.4, -0.2) is 46.3 Å². The van der Waals surface area contributed by atoms with Crippen molar-refractivity contribution in [2.24, 2.45) is 11.3 Å². The Kier molecular flexibility index (Phi) is 6.02. The molecule has 1 aliphatic carbocycles. The summed E-state index contributed by atoms with van der Waals surface area (Å²) in [7, 11) is 5.09. The molecule has 0 saturated carbocycles. The first-order valence-corrected chi connectivity index (χ1v) is 8.02. The summed E-state index contributed by atoms with van der Waals surface area (Å²) < 4.78 is 19.9. The molecule has 0 spiro atoms. The fourth-order valence-corrected chi connectivity index (χ4v) is 3.47. The zero-order chi connectivity index (χ0) is 19.3. The minimum Gasteiger partial charge on any atom is -0.497 e. The number of benzene rings is 1. The molecular weight excluding hydrogens is 340 g/mol. The normalized spacial score (nSPS) is 20.8. The number of hydrogen-bond donors (Lipinski definition) is 0. The van der Waals surface area contributed by atoms with Crippen LogP contribution in [0.25, 0.3) is 0 Å². The molecule has 7 heteroatoms. The molecule has 2 rings (SSSR count). The van der Waals surface area contributed by atoms with Gasteiger partial charge < -0.3 is 18.9 Å². The first-order valence-electron chi connectivity index (χ1n) is 8.02. The Morgan fingerprint density at radius 1 is 0.923 bits per heavy atom. The quantitative estimate of drug-likeness (QED) is 0.342. The Balaban J connectivity index is 2.70. The van der Waals surface area contributed by atoms with Crippen molar-refractivity contribution in [1.29, 1.82) is 0 Å². The third kappa shape index (κ3) is 3.05. The fraction of sp³-hybridized carbons (Fsp3) is 0.421. The molecule has 26 heavy (non-hydrogen) atoms. The molecule has 0 aromatic heterocycles. The van der Waals surface area contributed by atoms with Crippen LogP contribution in [0.2, 0.25) is 0 Å². The Morgan fingerprint density at radius 3 is 1.96 bits per heavy atom. The highest BCUT2D eigenvalue weighted by atomic mass is 16.6. The maximum absolute atomic E-state index is 12.8. The molecule has 0 radical (unpaired) electrons. The van der Waals surface area contributed by atoms with E-state index in [9.17, 15) is 14.4 Å². The number of ether oxygens (including phenoxy) is 4. The molecule has 0 bridgehead atoms. The predicted molar refractivity (Wildman–Crippen MR) is 91.5 cm³/mol. The van der Waals surface area contributed by atoms with Crippen molar-refractivity contribution in [2.75, 3.05) is 28.4 Å². The summed E-state index contributed by atoms with van der Waals surface area (Å²) in [4.78, 5) is 38.1. The van der Waals surface area contributed by atoms with Gasteiger partial charge in [0, 0.05) is 5.92 Å². The van der Waals surface area contributed by atoms with E-state index in [0.717, 1.165) is 0 Å². The van der Waals surface area contributed by atoms with Crippen LogP contribution < -0.4 is 4.74 Å². The fourth-order valence-electron chi connectivity index (χ4n) is 3.47. The summed E-state index contributed by atoms with van der Waals surface area (Å²) in [5.74, 6) is -3.56. The molecule has 0 heterocycles. The number of carbonyl (C=O) groups excluding carboxylic acids is 3. The molecule has 0 fully saturated rings. The van der Waals surface area contributed by atoms with Crippen molar-refractivity contribution in [1.82, 2.24) is 0 Å². The van der Waals surface area contributed by atoms with Crippen molar-refractivity contribution in [2.45, 2.75) is 12.3 Å². The van der Waals surface area contributed by atoms with Gasteiger partial charge in [-0.3, -0.25) is 14.4 Å². The molecular formula is C19H22O7. The zero-order valence-corrected chi connectivity index (χ0v) is 15.2. The predicted octanol–water partition coefficient (Wildman–Crippen LogP) is 1.86. The van der Waals surface area contributed by atoms with Gasteiger partial charge >= 0.3 is 17.9 Å². The molecule has 1 aromatic carbocycles. The highest BCUT2D eigenvalue weighted by Gasteiger charge is 2.63. The van der Waals surface area contributed by atoms with Crippen molar-refractivity contribution >= 4 is 17.9 Å². The van der Waals surface area contributed by atoms with Crippen LogP contribution in [0.4, 0.5) is 0 Å². The second-order valence-electron chi connectivity index (χ2n) is 5.84. The summed E-state index contributed by atoms with van der Waals surface area (Å²) in [5.41, 5.74) is -1.23. The maximum Gasteiger partial charge on any atom is 0.325 e. The van der Waals surface area contributed by atoms with E-state index in [-0.39, 0.29) is 6.42 Å². The average Bonchev–Trinajstić information content (AvgIpc) is 2.71. The lowest BCUT2D eigenvalue weighted by Gasteiger charge is -2.41. The van der Waals surface area contributed by atoms with Crippen LogP contribution >= 0.6 is 0 Å². The van der Waals surface area contributed by atoms with E-state index in [0.29, 0.717) is 11.3 Å². The van der Waals surface area contributed by atoms with Crippen molar-refractivity contribution in [3.05, 3.63) is 42.0 Å². The Hall–Kier alpha value is -2.83. The van der Waals surface area contributed by atoms with E-state index < -0.39 is 35.2 Å². The van der Waals surface area contributed by atoms with Gasteiger partial charge in [-0.2, -0.15) is 0 Å². The van der Waals surface area contributed by atoms with Crippen LogP contribution in [0.3, 0.4) is 0 Å². The minimum absolute atomic E-state index is 0.156. The van der Waals surface area contributed by atoms with E-state index in [1.807, 2.05) is 0 Å². The topological polar surface area (TPSA) is 88.1 Å². The van der Waals surface area contributed by atoms with E-state index in [1.54, 1.807) is 36.4 Å². The molecule has 0 aliphatic heterocycles. The highest BCUT2D eigenvalue weighted by molar-refractivity contribution is 6.05. The zero-order valence-electron chi connectivity index (χ0n) is 15.2. The molecule has 0 amide bonds. The Labute approximate surface area is 151 Å². The summed E-state index contributed by atoms with van der Waals surface area (Å²) in [5, 5.41) is 0. The molecule has 0 saturated heterocycles. The van der Waals surface area contributed by atoms with Crippen LogP contribution in [0.15, 0.2) is 36.4 Å². The molecule has 0 N–H and O–H groups in total. The van der Waals surface area contributed by atoms with Gasteiger partial charge in [0.1, 0.15) is 5.75 Å². The Morgan fingerprint density at radius 2 is 1.50 bits per heavy atom. The smallest absolute Gasteiger partial charge is 0.325 e. The average molecular weight is 362 g/mol. The first-order chi connectivity index (χ1) is 12.5. The lowest BCUT2D eigenvalue weighted by atomic mass is 9.60. The highest BCUT2D eigenvalue weighted by Crippen LogP contribution is 2.50. The van der Waals surface area contributed by atoms with E-state index in [1.165, 1.54) is 28.4 Å². The van der Waals surface area contributed by atoms with Crippen molar-refractivity contribution in [3.63, 3.8) is 0 Å². The van der Waals surface area contributed by atoms with Crippen LogP contribution in [-0.2, 0) is 28.6 Å². The number of carbonyl (C=O) groups is 3. The molecule has 2 unspecified atom stereocenters. The largest absolute Gasteiger partial charge is 0.497 e. The van der Waals surface area contributed by atoms with Crippen LogP contribution in [0, 0.1) is 11.3 Å². The number of hydrogen-bond acceptors (Lipinski definition) is 7. The number of allylic oxidation sites excluding steroid dienone is 2. The van der Waals surface area contributed by atoms with Gasteiger partial charge in [-0.1, -0.05) is 24.3 Å². The number of rotatable bonds is 5. The summed E-state index contributed by atoms with van der Waals surface area (Å²) in [6, 6.07) is 6.89. The van der Waals surface area contributed by atoms with Crippen LogP contribution in [0.5, 0.6) is 5.75 Å². The molecule has 140 valence electrons. The van der Waals surface area contributed by atoms with Crippen molar-refractivity contribution in [3.8, 4) is 5.75 Å². The van der Waals surface area contributed by atoms with Crippen LogP contribution in [0.1, 0.15) is 17.9 Å². The molecule has 1 aromatic rings. The summed E-state index contributed by atoms with van der Waals surface area (Å²) in [6.07, 6.45) is 3.62. The number of methoxy groups -OCH3 is 4. The molecule has 1 aliphatic rings. The molecule has 7 nitrogen and oxygen atoms in total. The van der Waals surface area contributed by atoms with E-state index >= 15 is 0 Å². The Bertz CT molecular complexity index is 689. The van der Waals surface area contributed by atoms with Gasteiger partial charge in [0.25, 0.3) is 0 Å². The van der Waals surface area contributed by atoms with E-state index in [2.05, 4.69) is 0 Å². The maximum atomic E-state index is 12.8. The lowest BCUT2D eigenvalue weighted by molar-refractivity contribution is -0.182. The second kappa shape index (κ2) is 8.03. The van der Waals surface area contributed by atoms with Gasteiger partial charge in [-0.25, -0.2) is 0 Å². The SMILES string of the molecule is COC(=O)C1CC=CC(c2ccc(OC)cc2)C1(C(=O)OC)C(=O)OC. The van der Waals surface area contributed by atoms with Gasteiger partial charge in [-0.15, -0.1) is 0 Å².